The number of nitrogens with zero attached hydrogens (tertiary/aromatic N) is 2. The van der Waals surface area contributed by atoms with Crippen molar-refractivity contribution in [1.82, 2.24) is 4.98 Å². The fourth-order valence-electron chi connectivity index (χ4n) is 1.83. The number of hydrogen-bond donors (Lipinski definition) is 2. The number of pyridine rings is 1. The van der Waals surface area contributed by atoms with Crippen LogP contribution in [0.15, 0.2) is 18.3 Å². The summed E-state index contributed by atoms with van der Waals surface area (Å²) in [6.07, 6.45) is 2.24. The molecule has 0 radical (unpaired) electrons. The van der Waals surface area contributed by atoms with E-state index in [2.05, 4.69) is 9.88 Å². The molecule has 2 heterocycles. The summed E-state index contributed by atoms with van der Waals surface area (Å²) in [4.78, 5) is 6.37. The highest BCUT2D eigenvalue weighted by atomic mass is 16.3. The number of β-amino-alcohol motifs (C(OH)–C–C–N with tert-alkyl or cyclic N) is 1. The van der Waals surface area contributed by atoms with Crippen molar-refractivity contribution in [3.63, 3.8) is 0 Å². The topological polar surface area (TPSA) is 62.4 Å². The lowest BCUT2D eigenvalue weighted by Gasteiger charge is -2.35. The van der Waals surface area contributed by atoms with Crippen molar-refractivity contribution in [2.45, 2.75) is 25.5 Å². The van der Waals surface area contributed by atoms with Crippen LogP contribution in [0.3, 0.4) is 0 Å². The van der Waals surface area contributed by atoms with Gasteiger partial charge in [0.25, 0.3) is 0 Å². The summed E-state index contributed by atoms with van der Waals surface area (Å²) in [6, 6.07) is 3.93. The molecule has 0 saturated carbocycles. The smallest absolute Gasteiger partial charge is 0.0866 e. The molecule has 2 rings (SSSR count). The lowest BCUT2D eigenvalue weighted by Crippen LogP contribution is -2.50. The van der Waals surface area contributed by atoms with Crippen molar-refractivity contribution in [3.8, 4) is 0 Å². The van der Waals surface area contributed by atoms with Crippen LogP contribution in [0.1, 0.15) is 12.1 Å². The summed E-state index contributed by atoms with van der Waals surface area (Å²) in [7, 11) is 0. The molecule has 2 unspecified atom stereocenters. The largest absolute Gasteiger partial charge is 0.390 e. The van der Waals surface area contributed by atoms with Gasteiger partial charge in [0.05, 0.1) is 18.0 Å². The summed E-state index contributed by atoms with van der Waals surface area (Å²) in [6.45, 7) is 3.46. The minimum absolute atomic E-state index is 0.0837. The number of aliphatic hydroxyl groups is 1. The summed E-state index contributed by atoms with van der Waals surface area (Å²) in [5.74, 6) is 0. The molecule has 4 nitrogen and oxygen atoms in total. The maximum absolute atomic E-state index is 9.68. The molecule has 0 aliphatic carbocycles. The number of piperidine rings is 1. The van der Waals surface area contributed by atoms with Gasteiger partial charge in [0.1, 0.15) is 0 Å². The molecule has 0 amide bonds. The van der Waals surface area contributed by atoms with Gasteiger partial charge in [0.2, 0.25) is 0 Å². The Morgan fingerprint density at radius 1 is 1.53 bits per heavy atom. The molecule has 1 aromatic heterocycles. The van der Waals surface area contributed by atoms with E-state index in [4.69, 9.17) is 5.73 Å². The quantitative estimate of drug-likeness (QED) is 0.694. The highest BCUT2D eigenvalue weighted by molar-refractivity contribution is 5.45. The number of nitrogens with two attached hydrogens (primary N) is 1. The van der Waals surface area contributed by atoms with Crippen LogP contribution < -0.4 is 10.6 Å². The Hall–Kier alpha value is -1.13. The van der Waals surface area contributed by atoms with Gasteiger partial charge in [0, 0.05) is 24.8 Å². The highest BCUT2D eigenvalue weighted by Crippen LogP contribution is 2.18. The van der Waals surface area contributed by atoms with Crippen molar-refractivity contribution in [2.24, 2.45) is 5.73 Å². The van der Waals surface area contributed by atoms with Gasteiger partial charge in [-0.05, 0) is 25.5 Å². The molecule has 4 heteroatoms. The zero-order valence-electron chi connectivity index (χ0n) is 8.93. The van der Waals surface area contributed by atoms with Crippen LogP contribution in [-0.2, 0) is 0 Å². The molecule has 1 aliphatic rings. The zero-order chi connectivity index (χ0) is 10.8. The van der Waals surface area contributed by atoms with Crippen LogP contribution in [0.25, 0.3) is 0 Å². The van der Waals surface area contributed by atoms with Crippen molar-refractivity contribution in [2.75, 3.05) is 18.0 Å². The summed E-state index contributed by atoms with van der Waals surface area (Å²) in [5, 5.41) is 9.68. The van der Waals surface area contributed by atoms with Gasteiger partial charge < -0.3 is 15.7 Å². The third-order valence-corrected chi connectivity index (χ3v) is 2.89. The molecule has 1 aliphatic heterocycles. The molecule has 0 bridgehead atoms. The minimum Gasteiger partial charge on any atom is -0.390 e. The Morgan fingerprint density at radius 3 is 2.93 bits per heavy atom. The lowest BCUT2D eigenvalue weighted by molar-refractivity contribution is 0.132. The molecule has 82 valence electrons. The van der Waals surface area contributed by atoms with Gasteiger partial charge in [-0.25, -0.2) is 0 Å². The van der Waals surface area contributed by atoms with E-state index in [9.17, 15) is 5.11 Å². The normalized spacial score (nSPS) is 26.7. The van der Waals surface area contributed by atoms with E-state index in [-0.39, 0.29) is 6.04 Å². The predicted octanol–water partition coefficient (Wildman–Crippen LogP) is 0.288. The number of rotatable bonds is 1. The maximum Gasteiger partial charge on any atom is 0.0866 e. The first kappa shape index (κ1) is 10.4. The third-order valence-electron chi connectivity index (χ3n) is 2.89. The molecule has 15 heavy (non-hydrogen) atoms. The predicted molar refractivity (Wildman–Crippen MR) is 59.8 cm³/mol. The van der Waals surface area contributed by atoms with Gasteiger partial charge in [0.15, 0.2) is 0 Å². The van der Waals surface area contributed by atoms with E-state index >= 15 is 0 Å². The summed E-state index contributed by atoms with van der Waals surface area (Å²) in [5.41, 5.74) is 7.82. The van der Waals surface area contributed by atoms with Gasteiger partial charge in [-0.3, -0.25) is 4.98 Å². The monoisotopic (exact) mass is 207 g/mol. The second-order valence-corrected chi connectivity index (χ2v) is 4.12. The molecule has 2 atom stereocenters. The second-order valence-electron chi connectivity index (χ2n) is 4.12. The van der Waals surface area contributed by atoms with Crippen molar-refractivity contribution >= 4 is 5.69 Å². The molecular weight excluding hydrogens is 190 g/mol. The number of aromatic nitrogens is 1. The summed E-state index contributed by atoms with van der Waals surface area (Å²) >= 11 is 0. The summed E-state index contributed by atoms with van der Waals surface area (Å²) < 4.78 is 0. The fourth-order valence-corrected chi connectivity index (χ4v) is 1.83. The Labute approximate surface area is 89.7 Å². The van der Waals surface area contributed by atoms with Gasteiger partial charge in [-0.2, -0.15) is 0 Å². The standard InChI is InChI=1S/C11H17N3O/c1-8-2-3-9(6-13-8)14-5-4-10(12)11(15)7-14/h2-3,6,10-11,15H,4-5,7,12H2,1H3. The molecule has 3 N–H and O–H groups in total. The van der Waals surface area contributed by atoms with Gasteiger partial charge in [-0.1, -0.05) is 0 Å². The van der Waals surface area contributed by atoms with Gasteiger partial charge >= 0.3 is 0 Å². The van der Waals surface area contributed by atoms with Gasteiger partial charge in [-0.15, -0.1) is 0 Å². The van der Waals surface area contributed by atoms with Crippen molar-refractivity contribution < 1.29 is 5.11 Å². The molecular formula is C11H17N3O. The number of hydrogen-bond acceptors (Lipinski definition) is 4. The highest BCUT2D eigenvalue weighted by Gasteiger charge is 2.24. The first-order valence-corrected chi connectivity index (χ1v) is 5.28. The van der Waals surface area contributed by atoms with Crippen LogP contribution in [0.2, 0.25) is 0 Å². The van der Waals surface area contributed by atoms with Crippen LogP contribution in [0.4, 0.5) is 5.69 Å². The minimum atomic E-state index is -0.431. The van der Waals surface area contributed by atoms with E-state index < -0.39 is 6.10 Å². The molecule has 1 aromatic rings. The average molecular weight is 207 g/mol. The maximum atomic E-state index is 9.68. The van der Waals surface area contributed by atoms with Crippen LogP contribution in [-0.4, -0.2) is 35.3 Å². The average Bonchev–Trinajstić information content (AvgIpc) is 2.23. The SMILES string of the molecule is Cc1ccc(N2CCC(N)C(O)C2)cn1. The Bertz CT molecular complexity index is 325. The molecule has 0 aromatic carbocycles. The Morgan fingerprint density at radius 2 is 2.33 bits per heavy atom. The first-order chi connectivity index (χ1) is 7.16. The van der Waals surface area contributed by atoms with Crippen LogP contribution >= 0.6 is 0 Å². The first-order valence-electron chi connectivity index (χ1n) is 5.28. The fraction of sp³-hybridized carbons (Fsp3) is 0.545. The lowest BCUT2D eigenvalue weighted by atomic mass is 10.0. The van der Waals surface area contributed by atoms with E-state index in [1.165, 1.54) is 0 Å². The second kappa shape index (κ2) is 4.16. The number of aryl methyl sites for hydroxylation is 1. The third kappa shape index (κ3) is 2.27. The number of anilines is 1. The molecule has 0 spiro atoms. The molecule has 1 fully saturated rings. The van der Waals surface area contributed by atoms with E-state index in [0.717, 1.165) is 24.3 Å². The van der Waals surface area contributed by atoms with E-state index in [1.807, 2.05) is 25.3 Å². The Balaban J connectivity index is 2.08. The van der Waals surface area contributed by atoms with Crippen LogP contribution in [0.5, 0.6) is 0 Å². The van der Waals surface area contributed by atoms with Crippen molar-refractivity contribution in [3.05, 3.63) is 24.0 Å². The molecule has 1 saturated heterocycles. The van der Waals surface area contributed by atoms with E-state index in [0.29, 0.717) is 6.54 Å². The number of aliphatic hydroxyl groups excluding tert-OH is 1. The Kier molecular flexibility index (Phi) is 2.88. The zero-order valence-corrected chi connectivity index (χ0v) is 8.93. The van der Waals surface area contributed by atoms with Crippen LogP contribution in [0, 0.1) is 6.92 Å². The van der Waals surface area contributed by atoms with E-state index in [1.54, 1.807) is 0 Å². The van der Waals surface area contributed by atoms with Crippen molar-refractivity contribution in [1.29, 1.82) is 0 Å².